The minimum atomic E-state index is -0.524. The zero-order valence-electron chi connectivity index (χ0n) is 12.3. The van der Waals surface area contributed by atoms with Crippen molar-refractivity contribution in [2.45, 2.75) is 26.4 Å². The molecule has 0 aliphatic heterocycles. The molecule has 0 aliphatic carbocycles. The van der Waals surface area contributed by atoms with Crippen molar-refractivity contribution in [3.63, 3.8) is 0 Å². The molecule has 0 aliphatic rings. The second kappa shape index (κ2) is 6.79. The summed E-state index contributed by atoms with van der Waals surface area (Å²) < 4.78 is 5.82. The van der Waals surface area contributed by atoms with Gasteiger partial charge in [-0.3, -0.25) is 4.79 Å². The van der Waals surface area contributed by atoms with Gasteiger partial charge in [-0.2, -0.15) is 0 Å². The Balaban J connectivity index is 2.05. The molecule has 3 N–H and O–H groups in total. The summed E-state index contributed by atoms with van der Waals surface area (Å²) in [5, 5.41) is 2.84. The molecule has 0 bridgehead atoms. The summed E-state index contributed by atoms with van der Waals surface area (Å²) in [5.41, 5.74) is 8.01. The third kappa shape index (κ3) is 3.99. The van der Waals surface area contributed by atoms with Crippen LogP contribution in [-0.2, 0) is 4.79 Å². The van der Waals surface area contributed by atoms with Gasteiger partial charge in [-0.25, -0.2) is 0 Å². The highest BCUT2D eigenvalue weighted by Gasteiger charge is 2.19. The Morgan fingerprint density at radius 2 is 1.86 bits per heavy atom. The Morgan fingerprint density at radius 1 is 1.19 bits per heavy atom. The van der Waals surface area contributed by atoms with Gasteiger partial charge >= 0.3 is 0 Å². The second-order valence-electron chi connectivity index (χ2n) is 4.89. The minimum absolute atomic E-state index is 0.162. The Morgan fingerprint density at radius 3 is 2.48 bits per heavy atom. The van der Waals surface area contributed by atoms with Crippen molar-refractivity contribution >= 4 is 17.3 Å². The predicted octanol–water partition coefficient (Wildman–Crippen LogP) is 3.37. The molecule has 0 radical (unpaired) electrons. The van der Waals surface area contributed by atoms with E-state index in [2.05, 4.69) is 5.32 Å². The lowest BCUT2D eigenvalue weighted by molar-refractivity contribution is -0.122. The first-order valence-corrected chi connectivity index (χ1v) is 6.99. The number of hydrogen-bond acceptors (Lipinski definition) is 3. The van der Waals surface area contributed by atoms with E-state index < -0.39 is 6.10 Å². The standard InChI is InChI=1S/C17H20N2O2/c1-3-15(21-16-7-5-4-6-12(16)2)17(20)19-14-10-8-13(18)9-11-14/h4-11,15H,3,18H2,1-2H3,(H,19,20). The van der Waals surface area contributed by atoms with Crippen molar-refractivity contribution in [2.75, 3.05) is 11.1 Å². The Hall–Kier alpha value is -2.49. The molecule has 0 heterocycles. The van der Waals surface area contributed by atoms with Gasteiger partial charge in [-0.15, -0.1) is 0 Å². The van der Waals surface area contributed by atoms with Crippen molar-refractivity contribution in [3.8, 4) is 5.75 Å². The highest BCUT2D eigenvalue weighted by molar-refractivity contribution is 5.94. The van der Waals surface area contributed by atoms with Crippen LogP contribution in [-0.4, -0.2) is 12.0 Å². The van der Waals surface area contributed by atoms with E-state index in [9.17, 15) is 4.79 Å². The molecule has 2 aromatic carbocycles. The highest BCUT2D eigenvalue weighted by Crippen LogP contribution is 2.19. The number of para-hydroxylation sites is 1. The van der Waals surface area contributed by atoms with E-state index in [4.69, 9.17) is 10.5 Å². The minimum Gasteiger partial charge on any atom is -0.480 e. The topological polar surface area (TPSA) is 64.3 Å². The molecule has 0 aromatic heterocycles. The van der Waals surface area contributed by atoms with E-state index in [1.807, 2.05) is 38.1 Å². The summed E-state index contributed by atoms with van der Waals surface area (Å²) in [6.45, 7) is 3.88. The van der Waals surface area contributed by atoms with Gasteiger partial charge in [0.15, 0.2) is 6.10 Å². The van der Waals surface area contributed by atoms with Crippen LogP contribution in [0.4, 0.5) is 11.4 Å². The predicted molar refractivity (Wildman–Crippen MR) is 85.4 cm³/mol. The fourth-order valence-corrected chi connectivity index (χ4v) is 1.95. The van der Waals surface area contributed by atoms with Gasteiger partial charge in [0.1, 0.15) is 5.75 Å². The van der Waals surface area contributed by atoms with E-state index >= 15 is 0 Å². The molecule has 0 saturated carbocycles. The third-order valence-electron chi connectivity index (χ3n) is 3.20. The molecule has 110 valence electrons. The van der Waals surface area contributed by atoms with Crippen molar-refractivity contribution in [3.05, 3.63) is 54.1 Å². The third-order valence-corrected chi connectivity index (χ3v) is 3.20. The number of benzene rings is 2. The van der Waals surface area contributed by atoms with Crippen LogP contribution in [0.5, 0.6) is 5.75 Å². The average Bonchev–Trinajstić information content (AvgIpc) is 2.48. The molecule has 1 unspecified atom stereocenters. The van der Waals surface area contributed by atoms with Crippen molar-refractivity contribution in [1.29, 1.82) is 0 Å². The quantitative estimate of drug-likeness (QED) is 0.827. The first-order chi connectivity index (χ1) is 10.1. The van der Waals surface area contributed by atoms with Crippen LogP contribution in [0.2, 0.25) is 0 Å². The summed E-state index contributed by atoms with van der Waals surface area (Å²) in [7, 11) is 0. The molecule has 21 heavy (non-hydrogen) atoms. The number of hydrogen-bond donors (Lipinski definition) is 2. The molecule has 4 nitrogen and oxygen atoms in total. The normalized spacial score (nSPS) is 11.7. The maximum absolute atomic E-state index is 12.3. The number of carbonyl (C=O) groups is 1. The van der Waals surface area contributed by atoms with Crippen LogP contribution in [0.15, 0.2) is 48.5 Å². The number of anilines is 2. The van der Waals surface area contributed by atoms with E-state index in [-0.39, 0.29) is 5.91 Å². The number of nitrogen functional groups attached to an aromatic ring is 1. The van der Waals surface area contributed by atoms with E-state index in [1.165, 1.54) is 0 Å². The van der Waals surface area contributed by atoms with Crippen molar-refractivity contribution in [1.82, 2.24) is 0 Å². The van der Waals surface area contributed by atoms with Crippen LogP contribution >= 0.6 is 0 Å². The van der Waals surface area contributed by atoms with Gasteiger partial charge in [0.25, 0.3) is 5.91 Å². The smallest absolute Gasteiger partial charge is 0.265 e. The number of amides is 1. The van der Waals surface area contributed by atoms with E-state index in [1.54, 1.807) is 24.3 Å². The first kappa shape index (κ1) is 14.9. The number of ether oxygens (including phenoxy) is 1. The highest BCUT2D eigenvalue weighted by atomic mass is 16.5. The van der Waals surface area contributed by atoms with Gasteiger partial charge in [0, 0.05) is 11.4 Å². The van der Waals surface area contributed by atoms with E-state index in [0.717, 1.165) is 11.3 Å². The van der Waals surface area contributed by atoms with Crippen LogP contribution in [0, 0.1) is 6.92 Å². The summed E-state index contributed by atoms with van der Waals surface area (Å²) in [5.74, 6) is 0.572. The van der Waals surface area contributed by atoms with Gasteiger partial charge in [-0.1, -0.05) is 25.1 Å². The van der Waals surface area contributed by atoms with Crippen LogP contribution in [0.1, 0.15) is 18.9 Å². The lowest BCUT2D eigenvalue weighted by Gasteiger charge is -2.18. The zero-order chi connectivity index (χ0) is 15.2. The SMILES string of the molecule is CCC(Oc1ccccc1C)C(=O)Nc1ccc(N)cc1. The molecule has 2 rings (SSSR count). The lowest BCUT2D eigenvalue weighted by Crippen LogP contribution is -2.32. The number of rotatable bonds is 5. The summed E-state index contributed by atoms with van der Waals surface area (Å²) in [4.78, 5) is 12.3. The van der Waals surface area contributed by atoms with Crippen LogP contribution in [0.3, 0.4) is 0 Å². The molecule has 0 fully saturated rings. The summed E-state index contributed by atoms with van der Waals surface area (Å²) in [6, 6.07) is 14.7. The maximum Gasteiger partial charge on any atom is 0.265 e. The van der Waals surface area contributed by atoms with Crippen LogP contribution in [0.25, 0.3) is 0 Å². The van der Waals surface area contributed by atoms with Gasteiger partial charge < -0.3 is 15.8 Å². The average molecular weight is 284 g/mol. The first-order valence-electron chi connectivity index (χ1n) is 6.99. The van der Waals surface area contributed by atoms with Crippen LogP contribution < -0.4 is 15.8 Å². The largest absolute Gasteiger partial charge is 0.480 e. The Labute approximate surface area is 124 Å². The maximum atomic E-state index is 12.3. The fourth-order valence-electron chi connectivity index (χ4n) is 1.95. The van der Waals surface area contributed by atoms with Crippen molar-refractivity contribution < 1.29 is 9.53 Å². The molecule has 0 saturated heterocycles. The molecule has 2 aromatic rings. The van der Waals surface area contributed by atoms with Crippen molar-refractivity contribution in [2.24, 2.45) is 0 Å². The summed E-state index contributed by atoms with van der Waals surface area (Å²) in [6.07, 6.45) is 0.0680. The molecule has 0 spiro atoms. The van der Waals surface area contributed by atoms with E-state index in [0.29, 0.717) is 17.8 Å². The summed E-state index contributed by atoms with van der Waals surface area (Å²) >= 11 is 0. The monoisotopic (exact) mass is 284 g/mol. The number of nitrogens with two attached hydrogens (primary N) is 1. The fraction of sp³-hybridized carbons (Fsp3) is 0.235. The molecule has 1 atom stereocenters. The number of carbonyl (C=O) groups excluding carboxylic acids is 1. The molecular formula is C17H20N2O2. The Bertz CT molecular complexity index is 608. The molecule has 1 amide bonds. The van der Waals surface area contributed by atoms with Gasteiger partial charge in [-0.05, 0) is 49.2 Å². The molecule has 4 heteroatoms. The Kier molecular flexibility index (Phi) is 4.82. The van der Waals surface area contributed by atoms with Gasteiger partial charge in [0.2, 0.25) is 0 Å². The second-order valence-corrected chi connectivity index (χ2v) is 4.89. The van der Waals surface area contributed by atoms with Gasteiger partial charge in [0.05, 0.1) is 0 Å². The molecular weight excluding hydrogens is 264 g/mol. The number of nitrogens with one attached hydrogen (secondary N) is 1. The lowest BCUT2D eigenvalue weighted by atomic mass is 10.2. The number of aryl methyl sites for hydroxylation is 1. The zero-order valence-corrected chi connectivity index (χ0v) is 12.3.